The molecule has 0 amide bonds. The average molecular weight is 164 g/mol. The number of aromatic nitrogens is 2. The van der Waals surface area contributed by atoms with Gasteiger partial charge in [-0.2, -0.15) is 0 Å². The van der Waals surface area contributed by atoms with Crippen molar-refractivity contribution in [2.75, 3.05) is 6.54 Å². The normalized spacial score (nSPS) is 10.0. The van der Waals surface area contributed by atoms with E-state index in [-0.39, 0.29) is 0 Å². The van der Waals surface area contributed by atoms with Crippen molar-refractivity contribution in [1.29, 1.82) is 0 Å². The first-order valence-electron chi connectivity index (χ1n) is 2.51. The first-order valence-corrected chi connectivity index (χ1v) is 3.66. The monoisotopic (exact) mass is 163 g/mol. The van der Waals surface area contributed by atoms with Crippen molar-refractivity contribution in [2.24, 2.45) is 5.73 Å². The van der Waals surface area contributed by atoms with Crippen LogP contribution in [0.15, 0.2) is 0 Å². The van der Waals surface area contributed by atoms with Crippen molar-refractivity contribution in [3.63, 3.8) is 0 Å². The summed E-state index contributed by atoms with van der Waals surface area (Å²) in [6.45, 7) is 0.575. The summed E-state index contributed by atoms with van der Waals surface area (Å²) in [5.41, 5.74) is 6.08. The molecule has 0 saturated carbocycles. The summed E-state index contributed by atoms with van der Waals surface area (Å²) in [7, 11) is 0. The molecule has 0 aliphatic carbocycles. The van der Waals surface area contributed by atoms with Crippen molar-refractivity contribution < 1.29 is 0 Å². The molecule has 0 aliphatic rings. The standard InChI is InChI=1S/C4H6ClN3S/c5-4-3(1-2-6)7-8-9-4/h1-2,6H2. The van der Waals surface area contributed by atoms with Gasteiger partial charge in [0, 0.05) is 18.0 Å². The molecule has 1 rings (SSSR count). The highest BCUT2D eigenvalue weighted by Crippen LogP contribution is 2.16. The lowest BCUT2D eigenvalue weighted by molar-refractivity contribution is 0.906. The maximum Gasteiger partial charge on any atom is 0.137 e. The van der Waals surface area contributed by atoms with Crippen LogP contribution in [0.3, 0.4) is 0 Å². The van der Waals surface area contributed by atoms with Crippen LogP contribution in [0.25, 0.3) is 0 Å². The van der Waals surface area contributed by atoms with Crippen molar-refractivity contribution in [3.05, 3.63) is 10.0 Å². The summed E-state index contributed by atoms with van der Waals surface area (Å²) in [6, 6.07) is 0. The molecule has 0 atom stereocenters. The van der Waals surface area contributed by atoms with Gasteiger partial charge in [0.05, 0.1) is 5.69 Å². The Morgan fingerprint density at radius 2 is 2.44 bits per heavy atom. The summed E-state index contributed by atoms with van der Waals surface area (Å²) < 4.78 is 4.30. The zero-order valence-electron chi connectivity index (χ0n) is 4.67. The Morgan fingerprint density at radius 3 is 2.89 bits per heavy atom. The number of hydrogen-bond acceptors (Lipinski definition) is 4. The Balaban J connectivity index is 2.69. The minimum Gasteiger partial charge on any atom is -0.330 e. The van der Waals surface area contributed by atoms with Gasteiger partial charge in [-0.05, 0) is 6.54 Å². The molecule has 9 heavy (non-hydrogen) atoms. The fraction of sp³-hybridized carbons (Fsp3) is 0.500. The molecule has 1 heterocycles. The van der Waals surface area contributed by atoms with E-state index in [2.05, 4.69) is 9.59 Å². The molecule has 50 valence electrons. The first kappa shape index (κ1) is 6.92. The summed E-state index contributed by atoms with van der Waals surface area (Å²) in [5.74, 6) is 0. The van der Waals surface area contributed by atoms with Gasteiger partial charge in [0.25, 0.3) is 0 Å². The fourth-order valence-corrected chi connectivity index (χ4v) is 1.17. The molecule has 0 spiro atoms. The zero-order valence-corrected chi connectivity index (χ0v) is 6.24. The molecule has 0 bridgehead atoms. The predicted molar refractivity (Wildman–Crippen MR) is 37.7 cm³/mol. The van der Waals surface area contributed by atoms with E-state index in [1.807, 2.05) is 0 Å². The van der Waals surface area contributed by atoms with Crippen LogP contribution in [0.4, 0.5) is 0 Å². The molecule has 3 nitrogen and oxygen atoms in total. The molecule has 0 fully saturated rings. The van der Waals surface area contributed by atoms with Crippen LogP contribution >= 0.6 is 23.1 Å². The maximum absolute atomic E-state index is 5.66. The van der Waals surface area contributed by atoms with Crippen molar-refractivity contribution in [2.45, 2.75) is 6.42 Å². The summed E-state index contributed by atoms with van der Waals surface area (Å²) in [4.78, 5) is 0. The van der Waals surface area contributed by atoms with Crippen LogP contribution in [0.1, 0.15) is 5.69 Å². The van der Waals surface area contributed by atoms with E-state index in [0.717, 1.165) is 12.1 Å². The molecule has 0 unspecified atom stereocenters. The van der Waals surface area contributed by atoms with E-state index in [0.29, 0.717) is 10.9 Å². The fourth-order valence-electron chi connectivity index (χ4n) is 0.483. The van der Waals surface area contributed by atoms with Gasteiger partial charge in [-0.15, -0.1) is 5.10 Å². The lowest BCUT2D eigenvalue weighted by atomic mass is 10.3. The molecular weight excluding hydrogens is 158 g/mol. The van der Waals surface area contributed by atoms with Gasteiger partial charge < -0.3 is 5.73 Å². The maximum atomic E-state index is 5.66. The van der Waals surface area contributed by atoms with Gasteiger partial charge in [0.2, 0.25) is 0 Å². The predicted octanol–water partition coefficient (Wildman–Crippen LogP) is 0.693. The van der Waals surface area contributed by atoms with E-state index >= 15 is 0 Å². The Morgan fingerprint density at radius 1 is 1.67 bits per heavy atom. The highest BCUT2D eigenvalue weighted by Gasteiger charge is 2.01. The van der Waals surface area contributed by atoms with Gasteiger partial charge >= 0.3 is 0 Å². The highest BCUT2D eigenvalue weighted by molar-refractivity contribution is 7.10. The summed E-state index contributed by atoms with van der Waals surface area (Å²) >= 11 is 6.85. The second kappa shape index (κ2) is 3.10. The summed E-state index contributed by atoms with van der Waals surface area (Å²) in [5, 5.41) is 3.76. The lowest BCUT2D eigenvalue weighted by Crippen LogP contribution is -2.03. The van der Waals surface area contributed by atoms with Crippen LogP contribution in [0.2, 0.25) is 4.34 Å². The smallest absolute Gasteiger partial charge is 0.137 e. The zero-order chi connectivity index (χ0) is 6.69. The summed E-state index contributed by atoms with van der Waals surface area (Å²) in [6.07, 6.45) is 0.718. The SMILES string of the molecule is NCCc1nnsc1Cl. The molecule has 0 aliphatic heterocycles. The third kappa shape index (κ3) is 1.61. The van der Waals surface area contributed by atoms with Gasteiger partial charge in [-0.3, -0.25) is 0 Å². The van der Waals surface area contributed by atoms with Crippen molar-refractivity contribution in [1.82, 2.24) is 9.59 Å². The first-order chi connectivity index (χ1) is 4.34. The Bertz CT molecular complexity index is 188. The topological polar surface area (TPSA) is 51.8 Å². The third-order valence-corrected chi connectivity index (χ3v) is 1.87. The average Bonchev–Trinajstić information content (AvgIpc) is 2.18. The van der Waals surface area contributed by atoms with E-state index in [1.165, 1.54) is 11.5 Å². The minimum absolute atomic E-state index is 0.575. The number of nitrogens with zero attached hydrogens (tertiary/aromatic N) is 2. The second-order valence-corrected chi connectivity index (χ2v) is 2.89. The van der Waals surface area contributed by atoms with Gasteiger partial charge in [0.15, 0.2) is 0 Å². The van der Waals surface area contributed by atoms with E-state index in [4.69, 9.17) is 17.3 Å². The van der Waals surface area contributed by atoms with Gasteiger partial charge in [-0.1, -0.05) is 16.1 Å². The molecule has 5 heteroatoms. The second-order valence-electron chi connectivity index (χ2n) is 1.53. The highest BCUT2D eigenvalue weighted by atomic mass is 35.5. The van der Waals surface area contributed by atoms with Crippen LogP contribution in [-0.2, 0) is 6.42 Å². The van der Waals surface area contributed by atoms with E-state index in [9.17, 15) is 0 Å². The Labute approximate surface area is 62.0 Å². The van der Waals surface area contributed by atoms with E-state index in [1.54, 1.807) is 0 Å². The minimum atomic E-state index is 0.575. The number of nitrogens with two attached hydrogens (primary N) is 1. The van der Waals surface area contributed by atoms with Gasteiger partial charge in [-0.25, -0.2) is 0 Å². The largest absolute Gasteiger partial charge is 0.330 e. The third-order valence-electron chi connectivity index (χ3n) is 0.891. The van der Waals surface area contributed by atoms with Crippen LogP contribution in [0.5, 0.6) is 0 Å². The van der Waals surface area contributed by atoms with Crippen LogP contribution in [0, 0.1) is 0 Å². The van der Waals surface area contributed by atoms with Crippen molar-refractivity contribution >= 4 is 23.1 Å². The van der Waals surface area contributed by atoms with E-state index < -0.39 is 0 Å². The van der Waals surface area contributed by atoms with Crippen LogP contribution < -0.4 is 5.73 Å². The molecule has 0 radical (unpaired) electrons. The molecule has 0 aromatic carbocycles. The Hall–Kier alpha value is -0.190. The molecule has 0 saturated heterocycles. The van der Waals surface area contributed by atoms with Crippen molar-refractivity contribution in [3.8, 4) is 0 Å². The Kier molecular flexibility index (Phi) is 2.38. The molecule has 1 aromatic heterocycles. The molecule has 2 N–H and O–H groups in total. The quantitative estimate of drug-likeness (QED) is 0.698. The van der Waals surface area contributed by atoms with Gasteiger partial charge in [0.1, 0.15) is 4.34 Å². The lowest BCUT2D eigenvalue weighted by Gasteiger charge is -1.87. The number of hydrogen-bond donors (Lipinski definition) is 1. The molecule has 1 aromatic rings. The number of halogens is 1. The number of rotatable bonds is 2. The molecular formula is C4H6ClN3S. The van der Waals surface area contributed by atoms with Crippen LogP contribution in [-0.4, -0.2) is 16.1 Å².